The minimum atomic E-state index is -4.31. The van der Waals surface area contributed by atoms with E-state index < -0.39 is 20.0 Å². The van der Waals surface area contributed by atoms with Crippen LogP contribution < -0.4 is 11.1 Å². The Balaban J connectivity index is 4.21. The Morgan fingerprint density at radius 1 is 0.667 bits per heavy atom. The van der Waals surface area contributed by atoms with Gasteiger partial charge in [-0.25, -0.2) is 4.57 Å². The normalized spacial score (nSPS) is 14.4. The third-order valence-corrected chi connectivity index (χ3v) is 10.1. The van der Waals surface area contributed by atoms with Gasteiger partial charge in [-0.2, -0.15) is 0 Å². The predicted octanol–water partition coefficient (Wildman–Crippen LogP) is 10.8. The molecule has 0 aromatic rings. The standard InChI is InChI=1S/C39H79N2O6P/c1-3-5-7-9-11-13-15-17-19-20-22-24-26-28-30-32-38(42)37(36-47-48(44,45)46-35-34-40)41-39(43)33-31-29-27-25-23-21-18-16-14-12-10-8-6-4-2/h16,18,37-38,42H,3-15,17,19-36,40H2,1-2H3,(H,41,43)(H,44,45)/b18-16-. The molecule has 0 radical (unpaired) electrons. The van der Waals surface area contributed by atoms with Crippen molar-refractivity contribution in [2.45, 2.75) is 212 Å². The molecule has 0 saturated heterocycles. The van der Waals surface area contributed by atoms with Crippen molar-refractivity contribution in [3.8, 4) is 0 Å². The summed E-state index contributed by atoms with van der Waals surface area (Å²) in [5, 5.41) is 13.8. The van der Waals surface area contributed by atoms with Crippen LogP contribution in [0.15, 0.2) is 12.2 Å². The summed E-state index contributed by atoms with van der Waals surface area (Å²) in [6, 6.07) is -0.774. The first-order chi connectivity index (χ1) is 23.4. The number of carbonyl (C=O) groups excluding carboxylic acids is 1. The molecule has 3 atom stereocenters. The molecule has 0 aliphatic carbocycles. The average Bonchev–Trinajstić information content (AvgIpc) is 3.07. The molecular formula is C39H79N2O6P. The van der Waals surface area contributed by atoms with Gasteiger partial charge in [-0.1, -0.05) is 167 Å². The number of rotatable bonds is 38. The van der Waals surface area contributed by atoms with Gasteiger partial charge in [0.15, 0.2) is 0 Å². The van der Waals surface area contributed by atoms with Crippen LogP contribution in [0.5, 0.6) is 0 Å². The summed E-state index contributed by atoms with van der Waals surface area (Å²) >= 11 is 0. The molecule has 286 valence electrons. The van der Waals surface area contributed by atoms with Crippen LogP contribution in [-0.4, -0.2) is 47.8 Å². The highest BCUT2D eigenvalue weighted by atomic mass is 31.2. The zero-order valence-electron chi connectivity index (χ0n) is 31.5. The molecule has 0 saturated carbocycles. The summed E-state index contributed by atoms with van der Waals surface area (Å²) in [6.07, 6.45) is 37.8. The third kappa shape index (κ3) is 33.7. The Bertz CT molecular complexity index is 769. The summed E-state index contributed by atoms with van der Waals surface area (Å²) in [7, 11) is -4.31. The average molecular weight is 703 g/mol. The highest BCUT2D eigenvalue weighted by Crippen LogP contribution is 2.43. The Kier molecular flexibility index (Phi) is 35.5. The van der Waals surface area contributed by atoms with Crippen molar-refractivity contribution in [3.05, 3.63) is 12.2 Å². The van der Waals surface area contributed by atoms with Crippen LogP contribution in [0, 0.1) is 0 Å². The Morgan fingerprint density at radius 3 is 1.54 bits per heavy atom. The Morgan fingerprint density at radius 2 is 1.08 bits per heavy atom. The van der Waals surface area contributed by atoms with E-state index in [1.165, 1.54) is 122 Å². The first-order valence-electron chi connectivity index (χ1n) is 20.3. The summed E-state index contributed by atoms with van der Waals surface area (Å²) in [5.74, 6) is -0.170. The van der Waals surface area contributed by atoms with Crippen LogP contribution in [0.4, 0.5) is 0 Å². The number of allylic oxidation sites excluding steroid dienone is 2. The SMILES string of the molecule is CCCCCCC/C=C\CCCCCCCC(=O)NC(COP(=O)(O)OCCN)C(O)CCCCCCCCCCCCCCCCC. The molecule has 1 amide bonds. The highest BCUT2D eigenvalue weighted by Gasteiger charge is 2.27. The maximum atomic E-state index is 12.7. The Labute approximate surface area is 296 Å². The number of carbonyl (C=O) groups is 1. The minimum Gasteiger partial charge on any atom is -0.391 e. The van der Waals surface area contributed by atoms with Gasteiger partial charge < -0.3 is 21.1 Å². The summed E-state index contributed by atoms with van der Waals surface area (Å²) in [5.41, 5.74) is 5.37. The molecule has 48 heavy (non-hydrogen) atoms. The van der Waals surface area contributed by atoms with E-state index in [2.05, 4.69) is 31.3 Å². The first-order valence-corrected chi connectivity index (χ1v) is 21.8. The maximum Gasteiger partial charge on any atom is 0.472 e. The second-order valence-corrected chi connectivity index (χ2v) is 15.3. The molecule has 0 bridgehead atoms. The van der Waals surface area contributed by atoms with Gasteiger partial charge in [0.2, 0.25) is 5.91 Å². The number of hydrogen-bond acceptors (Lipinski definition) is 6. The highest BCUT2D eigenvalue weighted by molar-refractivity contribution is 7.47. The molecule has 8 nitrogen and oxygen atoms in total. The van der Waals surface area contributed by atoms with E-state index in [1.54, 1.807) is 0 Å². The minimum absolute atomic E-state index is 0.0891. The van der Waals surface area contributed by atoms with Crippen molar-refractivity contribution in [1.82, 2.24) is 5.32 Å². The van der Waals surface area contributed by atoms with Crippen molar-refractivity contribution >= 4 is 13.7 Å². The molecule has 3 unspecified atom stereocenters. The van der Waals surface area contributed by atoms with Crippen LogP contribution in [0.25, 0.3) is 0 Å². The predicted molar refractivity (Wildman–Crippen MR) is 203 cm³/mol. The fourth-order valence-electron chi connectivity index (χ4n) is 6.01. The molecule has 9 heteroatoms. The van der Waals surface area contributed by atoms with E-state index in [4.69, 9.17) is 14.8 Å². The van der Waals surface area contributed by atoms with Crippen molar-refractivity contribution < 1.29 is 28.4 Å². The van der Waals surface area contributed by atoms with Crippen molar-refractivity contribution in [3.63, 3.8) is 0 Å². The van der Waals surface area contributed by atoms with Crippen LogP contribution in [0.3, 0.4) is 0 Å². The summed E-state index contributed by atoms with van der Waals surface area (Å²) in [6.45, 7) is 4.19. The molecule has 0 fully saturated rings. The van der Waals surface area contributed by atoms with Crippen LogP contribution >= 0.6 is 7.82 Å². The van der Waals surface area contributed by atoms with Gasteiger partial charge >= 0.3 is 7.82 Å². The van der Waals surface area contributed by atoms with Gasteiger partial charge in [0.05, 0.1) is 25.4 Å². The van der Waals surface area contributed by atoms with Crippen molar-refractivity contribution in [2.75, 3.05) is 19.8 Å². The van der Waals surface area contributed by atoms with Crippen molar-refractivity contribution in [2.24, 2.45) is 5.73 Å². The Hall–Kier alpha value is -0.760. The molecule has 5 N–H and O–H groups in total. The zero-order chi connectivity index (χ0) is 35.4. The second-order valence-electron chi connectivity index (χ2n) is 13.8. The number of aliphatic hydroxyl groups is 1. The van der Waals surface area contributed by atoms with Gasteiger partial charge in [-0.3, -0.25) is 13.8 Å². The fraction of sp³-hybridized carbons (Fsp3) is 0.923. The molecular weight excluding hydrogens is 623 g/mol. The topological polar surface area (TPSA) is 131 Å². The third-order valence-electron chi connectivity index (χ3n) is 9.12. The number of nitrogens with two attached hydrogens (primary N) is 1. The molecule has 0 heterocycles. The molecule has 0 aliphatic heterocycles. The molecule has 0 rings (SSSR count). The van der Waals surface area contributed by atoms with Crippen molar-refractivity contribution in [1.29, 1.82) is 0 Å². The van der Waals surface area contributed by atoms with E-state index >= 15 is 0 Å². The molecule has 0 aromatic heterocycles. The number of nitrogens with one attached hydrogen (secondary N) is 1. The lowest BCUT2D eigenvalue weighted by Crippen LogP contribution is -2.46. The number of phosphoric ester groups is 1. The molecule has 0 aliphatic rings. The van der Waals surface area contributed by atoms with Gasteiger partial charge in [0, 0.05) is 13.0 Å². The van der Waals surface area contributed by atoms with Crippen LogP contribution in [0.1, 0.15) is 200 Å². The maximum absolute atomic E-state index is 12.7. The smallest absolute Gasteiger partial charge is 0.391 e. The molecule has 0 aromatic carbocycles. The number of hydrogen-bond donors (Lipinski definition) is 4. The summed E-state index contributed by atoms with van der Waals surface area (Å²) < 4.78 is 22.1. The molecule has 0 spiro atoms. The number of aliphatic hydroxyl groups excluding tert-OH is 1. The van der Waals surface area contributed by atoms with E-state index in [0.717, 1.165) is 51.4 Å². The summed E-state index contributed by atoms with van der Waals surface area (Å²) in [4.78, 5) is 22.6. The number of unbranched alkanes of at least 4 members (excludes halogenated alkanes) is 24. The van der Waals surface area contributed by atoms with Crippen LogP contribution in [0.2, 0.25) is 0 Å². The first kappa shape index (κ1) is 47.2. The fourth-order valence-corrected chi connectivity index (χ4v) is 6.77. The second kappa shape index (κ2) is 36.0. The van der Waals surface area contributed by atoms with Gasteiger partial charge in [-0.05, 0) is 38.5 Å². The lowest BCUT2D eigenvalue weighted by Gasteiger charge is -2.25. The van der Waals surface area contributed by atoms with Crippen LogP contribution in [-0.2, 0) is 18.4 Å². The zero-order valence-corrected chi connectivity index (χ0v) is 32.4. The van der Waals surface area contributed by atoms with E-state index in [0.29, 0.717) is 12.8 Å². The van der Waals surface area contributed by atoms with E-state index in [9.17, 15) is 19.4 Å². The van der Waals surface area contributed by atoms with E-state index in [-0.39, 0.29) is 25.7 Å². The largest absolute Gasteiger partial charge is 0.472 e. The lowest BCUT2D eigenvalue weighted by atomic mass is 10.0. The number of phosphoric acid groups is 1. The van der Waals surface area contributed by atoms with Gasteiger partial charge in [-0.15, -0.1) is 0 Å². The van der Waals surface area contributed by atoms with E-state index in [1.807, 2.05) is 0 Å². The monoisotopic (exact) mass is 703 g/mol. The van der Waals surface area contributed by atoms with Gasteiger partial charge in [0.25, 0.3) is 0 Å². The van der Waals surface area contributed by atoms with Gasteiger partial charge in [0.1, 0.15) is 0 Å². The lowest BCUT2D eigenvalue weighted by molar-refractivity contribution is -0.123. The quantitative estimate of drug-likeness (QED) is 0.0286. The number of amides is 1.